The Kier molecular flexibility index (Phi) is 6.41. The largest absolute Gasteiger partial charge is 0.489 e. The normalized spacial score (nSPS) is 11.7. The first-order chi connectivity index (χ1) is 12.7. The molecule has 0 bridgehead atoms. The first-order valence-corrected chi connectivity index (χ1v) is 9.47. The average Bonchev–Trinajstić information content (AvgIpc) is 3.14. The molecule has 0 saturated heterocycles. The van der Waals surface area contributed by atoms with Crippen molar-refractivity contribution in [3.05, 3.63) is 82.6 Å². The summed E-state index contributed by atoms with van der Waals surface area (Å²) < 4.78 is 5.76. The van der Waals surface area contributed by atoms with Gasteiger partial charge in [0.25, 0.3) is 5.91 Å². The van der Waals surface area contributed by atoms with Gasteiger partial charge in [-0.2, -0.15) is 0 Å². The minimum Gasteiger partial charge on any atom is -0.489 e. The number of nitrogens with one attached hydrogen (secondary N) is 2. The lowest BCUT2D eigenvalue weighted by Crippen LogP contribution is -3.08. The second-order valence-corrected chi connectivity index (χ2v) is 7.27. The van der Waals surface area contributed by atoms with E-state index in [1.165, 1.54) is 4.88 Å². The predicted octanol–water partition coefficient (Wildman–Crippen LogP) is 2.98. The van der Waals surface area contributed by atoms with Gasteiger partial charge in [0.15, 0.2) is 6.54 Å². The molecular formula is C21H23N2O2S+. The Morgan fingerprint density at radius 1 is 1.04 bits per heavy atom. The summed E-state index contributed by atoms with van der Waals surface area (Å²) in [5.41, 5.74) is 1.91. The van der Waals surface area contributed by atoms with Gasteiger partial charge in [-0.15, -0.1) is 11.3 Å². The van der Waals surface area contributed by atoms with E-state index in [1.807, 2.05) is 67.7 Å². The van der Waals surface area contributed by atoms with E-state index in [0.29, 0.717) is 13.2 Å². The average molecular weight is 367 g/mol. The Balaban J connectivity index is 1.45. The predicted molar refractivity (Wildman–Crippen MR) is 106 cm³/mol. The summed E-state index contributed by atoms with van der Waals surface area (Å²) in [6.07, 6.45) is 0. The molecule has 1 aromatic heterocycles. The highest BCUT2D eigenvalue weighted by molar-refractivity contribution is 7.09. The second-order valence-electron chi connectivity index (χ2n) is 6.24. The maximum absolute atomic E-state index is 12.2. The Morgan fingerprint density at radius 2 is 1.81 bits per heavy atom. The summed E-state index contributed by atoms with van der Waals surface area (Å²) in [4.78, 5) is 14.6. The zero-order valence-corrected chi connectivity index (χ0v) is 15.6. The van der Waals surface area contributed by atoms with Crippen LogP contribution in [0.15, 0.2) is 72.1 Å². The maximum Gasteiger partial charge on any atom is 0.279 e. The number of likely N-dealkylation sites (N-methyl/N-ethyl adjacent to an activating group) is 1. The summed E-state index contributed by atoms with van der Waals surface area (Å²) in [6.45, 7) is 1.82. The Bertz CT molecular complexity index is 802. The molecule has 1 amide bonds. The van der Waals surface area contributed by atoms with Crippen LogP contribution in [0.3, 0.4) is 0 Å². The summed E-state index contributed by atoms with van der Waals surface area (Å²) >= 11 is 1.72. The van der Waals surface area contributed by atoms with Crippen molar-refractivity contribution in [1.29, 1.82) is 0 Å². The van der Waals surface area contributed by atoms with Gasteiger partial charge in [0.2, 0.25) is 0 Å². The number of anilines is 1. The van der Waals surface area contributed by atoms with E-state index in [4.69, 9.17) is 4.74 Å². The Hall–Kier alpha value is -2.63. The molecule has 2 N–H and O–H groups in total. The van der Waals surface area contributed by atoms with E-state index in [-0.39, 0.29) is 5.91 Å². The van der Waals surface area contributed by atoms with Crippen molar-refractivity contribution in [2.45, 2.75) is 13.2 Å². The first-order valence-electron chi connectivity index (χ1n) is 8.59. The van der Waals surface area contributed by atoms with Gasteiger partial charge < -0.3 is 15.0 Å². The zero-order chi connectivity index (χ0) is 18.2. The quantitative estimate of drug-likeness (QED) is 0.643. The van der Waals surface area contributed by atoms with Crippen LogP contribution in [0.25, 0.3) is 0 Å². The summed E-state index contributed by atoms with van der Waals surface area (Å²) in [5.74, 6) is 0.796. The highest BCUT2D eigenvalue weighted by Crippen LogP contribution is 2.17. The molecule has 1 unspecified atom stereocenters. The summed E-state index contributed by atoms with van der Waals surface area (Å²) in [7, 11) is 2.03. The van der Waals surface area contributed by atoms with Crippen molar-refractivity contribution in [2.24, 2.45) is 0 Å². The molecule has 0 saturated carbocycles. The van der Waals surface area contributed by atoms with E-state index in [9.17, 15) is 4.79 Å². The van der Waals surface area contributed by atoms with Gasteiger partial charge in [0.1, 0.15) is 18.9 Å². The Labute approximate surface area is 158 Å². The summed E-state index contributed by atoms with van der Waals surface area (Å²) in [5, 5.41) is 5.00. The highest BCUT2D eigenvalue weighted by Gasteiger charge is 2.11. The van der Waals surface area contributed by atoms with Gasteiger partial charge in [-0.1, -0.05) is 36.4 Å². The van der Waals surface area contributed by atoms with Crippen LogP contribution in [0.1, 0.15) is 10.4 Å². The van der Waals surface area contributed by atoms with E-state index in [1.54, 1.807) is 11.3 Å². The van der Waals surface area contributed by atoms with Crippen LogP contribution >= 0.6 is 11.3 Å². The van der Waals surface area contributed by atoms with Crippen LogP contribution in [0, 0.1) is 0 Å². The molecule has 4 nitrogen and oxygen atoms in total. The lowest BCUT2D eigenvalue weighted by molar-refractivity contribution is -0.884. The van der Waals surface area contributed by atoms with Crippen LogP contribution in [-0.2, 0) is 17.9 Å². The molecular weight excluding hydrogens is 344 g/mol. The van der Waals surface area contributed by atoms with Crippen molar-refractivity contribution in [2.75, 3.05) is 18.9 Å². The van der Waals surface area contributed by atoms with E-state index >= 15 is 0 Å². The van der Waals surface area contributed by atoms with Crippen LogP contribution in [0.5, 0.6) is 5.75 Å². The molecule has 1 heterocycles. The number of rotatable bonds is 8. The molecule has 1 atom stereocenters. The minimum absolute atomic E-state index is 0.0111. The van der Waals surface area contributed by atoms with Gasteiger partial charge in [0.05, 0.1) is 11.9 Å². The van der Waals surface area contributed by atoms with E-state index in [2.05, 4.69) is 16.8 Å². The fourth-order valence-electron chi connectivity index (χ4n) is 2.63. The number of thiophene rings is 1. The van der Waals surface area contributed by atoms with Crippen molar-refractivity contribution in [3.8, 4) is 5.75 Å². The number of hydrogen-bond acceptors (Lipinski definition) is 3. The van der Waals surface area contributed by atoms with Gasteiger partial charge in [-0.25, -0.2) is 0 Å². The lowest BCUT2D eigenvalue weighted by Gasteiger charge is -2.13. The molecule has 3 rings (SSSR count). The minimum atomic E-state index is 0.0111. The van der Waals surface area contributed by atoms with Crippen molar-refractivity contribution in [3.63, 3.8) is 0 Å². The first kappa shape index (κ1) is 18.2. The molecule has 0 aliphatic rings. The molecule has 0 fully saturated rings. The second kappa shape index (κ2) is 9.17. The number of benzene rings is 2. The van der Waals surface area contributed by atoms with Crippen LogP contribution in [0.4, 0.5) is 5.69 Å². The Morgan fingerprint density at radius 3 is 2.50 bits per heavy atom. The molecule has 0 spiro atoms. The van der Waals surface area contributed by atoms with Crippen molar-refractivity contribution in [1.82, 2.24) is 0 Å². The van der Waals surface area contributed by atoms with Gasteiger partial charge in [0, 0.05) is 5.69 Å². The van der Waals surface area contributed by atoms with Gasteiger partial charge in [-0.3, -0.25) is 4.79 Å². The van der Waals surface area contributed by atoms with Crippen molar-refractivity contribution >= 4 is 22.9 Å². The van der Waals surface area contributed by atoms with E-state index in [0.717, 1.165) is 28.4 Å². The zero-order valence-electron chi connectivity index (χ0n) is 14.8. The van der Waals surface area contributed by atoms with Gasteiger partial charge in [-0.05, 0) is 41.3 Å². The van der Waals surface area contributed by atoms with E-state index < -0.39 is 0 Å². The molecule has 0 aliphatic carbocycles. The number of amides is 1. The maximum atomic E-state index is 12.2. The molecule has 134 valence electrons. The topological polar surface area (TPSA) is 42.8 Å². The van der Waals surface area contributed by atoms with Gasteiger partial charge >= 0.3 is 0 Å². The van der Waals surface area contributed by atoms with Crippen LogP contribution in [0.2, 0.25) is 0 Å². The third-order valence-electron chi connectivity index (χ3n) is 3.90. The number of ether oxygens (including phenoxy) is 1. The lowest BCUT2D eigenvalue weighted by atomic mass is 10.2. The molecule has 26 heavy (non-hydrogen) atoms. The standard InChI is InChI=1S/C21H22N2O2S/c1-23(14-20-8-5-13-26-20)15-21(24)22-18-9-11-19(12-10-18)25-16-17-6-3-2-4-7-17/h2-13H,14-16H2,1H3,(H,22,24)/p+1. The molecule has 2 aromatic carbocycles. The SMILES string of the molecule is C[NH+](CC(=O)Nc1ccc(OCc2ccccc2)cc1)Cc1cccs1. The number of quaternary nitrogens is 1. The molecule has 0 radical (unpaired) electrons. The summed E-state index contributed by atoms with van der Waals surface area (Å²) in [6, 6.07) is 21.7. The molecule has 5 heteroatoms. The number of carbonyl (C=O) groups excluding carboxylic acids is 1. The number of carbonyl (C=O) groups is 1. The van der Waals surface area contributed by atoms with Crippen LogP contribution in [-0.4, -0.2) is 19.5 Å². The third kappa shape index (κ3) is 5.72. The third-order valence-corrected chi connectivity index (χ3v) is 4.78. The smallest absolute Gasteiger partial charge is 0.279 e. The fourth-order valence-corrected chi connectivity index (χ4v) is 3.45. The monoisotopic (exact) mass is 367 g/mol. The highest BCUT2D eigenvalue weighted by atomic mass is 32.1. The molecule has 3 aromatic rings. The number of hydrogen-bond donors (Lipinski definition) is 2. The molecule has 0 aliphatic heterocycles. The van der Waals surface area contributed by atoms with Crippen molar-refractivity contribution < 1.29 is 14.4 Å². The fraction of sp³-hybridized carbons (Fsp3) is 0.190. The van der Waals surface area contributed by atoms with Crippen LogP contribution < -0.4 is 15.0 Å².